The van der Waals surface area contributed by atoms with Crippen LogP contribution in [0.5, 0.6) is 0 Å². The first-order valence-electron chi connectivity index (χ1n) is 11.6. The smallest absolute Gasteiger partial charge is 0.00670 e. The van der Waals surface area contributed by atoms with E-state index in [2.05, 4.69) is 43.4 Å². The molecule has 1 saturated carbocycles. The van der Waals surface area contributed by atoms with Crippen molar-refractivity contribution in [3.05, 3.63) is 35.4 Å². The van der Waals surface area contributed by atoms with Crippen LogP contribution in [0.15, 0.2) is 24.3 Å². The molecule has 26 heavy (non-hydrogen) atoms. The molecular formula is C25H43N. The highest BCUT2D eigenvalue weighted by molar-refractivity contribution is 5.29. The second-order valence-corrected chi connectivity index (χ2v) is 8.67. The average Bonchev–Trinajstić information content (AvgIpc) is 2.63. The minimum absolute atomic E-state index is 0.840. The van der Waals surface area contributed by atoms with Gasteiger partial charge in [0.15, 0.2) is 0 Å². The lowest BCUT2D eigenvalue weighted by Crippen LogP contribution is -2.30. The summed E-state index contributed by atoms with van der Waals surface area (Å²) in [5, 5.41) is 3.75. The second kappa shape index (κ2) is 13.4. The van der Waals surface area contributed by atoms with Gasteiger partial charge in [-0.1, -0.05) is 89.5 Å². The number of unbranched alkanes of at least 4 members (excludes halogenated alkanes) is 3. The molecule has 1 atom stereocenters. The van der Waals surface area contributed by atoms with Crippen LogP contribution in [0, 0.1) is 5.92 Å². The van der Waals surface area contributed by atoms with E-state index in [9.17, 15) is 0 Å². The first kappa shape index (κ1) is 21.5. The van der Waals surface area contributed by atoms with E-state index in [1.54, 1.807) is 11.1 Å². The molecule has 1 fully saturated rings. The molecule has 2 aliphatic rings. The predicted octanol–water partition coefficient (Wildman–Crippen LogP) is 7.08. The van der Waals surface area contributed by atoms with E-state index in [0.29, 0.717) is 0 Å². The Hall–Kier alpha value is -0.820. The van der Waals surface area contributed by atoms with E-state index in [1.165, 1.54) is 96.4 Å². The maximum absolute atomic E-state index is 3.75. The largest absolute Gasteiger partial charge is 0.314 e. The van der Waals surface area contributed by atoms with Gasteiger partial charge in [0, 0.05) is 6.04 Å². The molecule has 0 spiro atoms. The monoisotopic (exact) mass is 357 g/mol. The fraction of sp³-hybridized carbons (Fsp3) is 0.760. The summed E-state index contributed by atoms with van der Waals surface area (Å²) in [5.74, 6) is 0.893. The van der Waals surface area contributed by atoms with Crippen molar-refractivity contribution in [3.8, 4) is 0 Å². The van der Waals surface area contributed by atoms with Crippen molar-refractivity contribution in [2.45, 2.75) is 110 Å². The zero-order valence-electron chi connectivity index (χ0n) is 17.6. The highest BCUT2D eigenvalue weighted by Gasteiger charge is 2.13. The van der Waals surface area contributed by atoms with Crippen LogP contribution in [0.2, 0.25) is 0 Å². The van der Waals surface area contributed by atoms with E-state index >= 15 is 0 Å². The fourth-order valence-electron chi connectivity index (χ4n) is 4.40. The summed E-state index contributed by atoms with van der Waals surface area (Å²) < 4.78 is 0. The van der Waals surface area contributed by atoms with E-state index in [1.807, 2.05) is 0 Å². The Kier molecular flexibility index (Phi) is 11.0. The minimum Gasteiger partial charge on any atom is -0.314 e. The molecule has 1 nitrogen and oxygen atoms in total. The Bertz CT molecular complexity index is 459. The molecule has 2 aliphatic carbocycles. The Balaban J connectivity index is 0.000000195. The molecule has 148 valence electrons. The van der Waals surface area contributed by atoms with Crippen molar-refractivity contribution in [2.75, 3.05) is 6.54 Å². The summed E-state index contributed by atoms with van der Waals surface area (Å²) in [6, 6.07) is 9.67. The van der Waals surface area contributed by atoms with Crippen molar-refractivity contribution < 1.29 is 0 Å². The van der Waals surface area contributed by atoms with Gasteiger partial charge in [0.25, 0.3) is 0 Å². The Labute approximate surface area is 163 Å². The van der Waals surface area contributed by atoms with Gasteiger partial charge in [-0.2, -0.15) is 0 Å². The molecule has 0 radical (unpaired) electrons. The Morgan fingerprint density at radius 3 is 2.27 bits per heavy atom. The molecule has 1 aromatic rings. The number of hydrogen-bond donors (Lipinski definition) is 1. The van der Waals surface area contributed by atoms with Gasteiger partial charge in [-0.05, 0) is 62.1 Å². The molecule has 1 N–H and O–H groups in total. The molecule has 0 saturated heterocycles. The topological polar surface area (TPSA) is 12.0 Å². The van der Waals surface area contributed by atoms with Crippen molar-refractivity contribution in [3.63, 3.8) is 0 Å². The zero-order valence-corrected chi connectivity index (χ0v) is 17.6. The van der Waals surface area contributed by atoms with Gasteiger partial charge in [-0.3, -0.25) is 0 Å². The van der Waals surface area contributed by atoms with Crippen LogP contribution < -0.4 is 5.32 Å². The van der Waals surface area contributed by atoms with Gasteiger partial charge in [0.2, 0.25) is 0 Å². The number of hydrogen-bond acceptors (Lipinski definition) is 1. The Morgan fingerprint density at radius 1 is 0.846 bits per heavy atom. The average molecular weight is 358 g/mol. The van der Waals surface area contributed by atoms with Crippen LogP contribution >= 0.6 is 0 Å². The van der Waals surface area contributed by atoms with Crippen molar-refractivity contribution in [1.29, 1.82) is 0 Å². The first-order valence-corrected chi connectivity index (χ1v) is 11.6. The van der Waals surface area contributed by atoms with Crippen molar-refractivity contribution in [2.24, 2.45) is 5.92 Å². The molecule has 0 bridgehead atoms. The first-order chi connectivity index (χ1) is 12.8. The summed E-state index contributed by atoms with van der Waals surface area (Å²) in [5.41, 5.74) is 3.15. The molecule has 0 amide bonds. The molecule has 3 rings (SSSR count). The number of rotatable bonds is 6. The van der Waals surface area contributed by atoms with Gasteiger partial charge in [0.1, 0.15) is 0 Å². The summed E-state index contributed by atoms with van der Waals surface area (Å²) in [4.78, 5) is 0. The molecule has 0 aliphatic heterocycles. The van der Waals surface area contributed by atoms with Crippen LogP contribution in [0.25, 0.3) is 0 Å². The van der Waals surface area contributed by atoms with Gasteiger partial charge >= 0.3 is 0 Å². The quantitative estimate of drug-likeness (QED) is 0.536. The number of aryl methyl sites for hydroxylation is 1. The van der Waals surface area contributed by atoms with Crippen LogP contribution in [0.3, 0.4) is 0 Å². The van der Waals surface area contributed by atoms with E-state index in [0.717, 1.165) is 12.0 Å². The molecule has 0 aromatic heterocycles. The molecule has 1 heteroatoms. The number of fused-ring (bicyclic) bond motifs is 1. The summed E-state index contributed by atoms with van der Waals surface area (Å²) in [6.07, 6.45) is 19.7. The number of benzene rings is 1. The third-order valence-corrected chi connectivity index (χ3v) is 6.16. The summed E-state index contributed by atoms with van der Waals surface area (Å²) in [7, 11) is 0. The minimum atomic E-state index is 0.840. The van der Waals surface area contributed by atoms with Gasteiger partial charge in [-0.25, -0.2) is 0 Å². The highest BCUT2D eigenvalue weighted by Crippen LogP contribution is 2.24. The fourth-order valence-corrected chi connectivity index (χ4v) is 4.40. The van der Waals surface area contributed by atoms with Crippen molar-refractivity contribution in [1.82, 2.24) is 5.32 Å². The highest BCUT2D eigenvalue weighted by atomic mass is 14.9. The van der Waals surface area contributed by atoms with Crippen molar-refractivity contribution >= 4 is 0 Å². The maximum Gasteiger partial charge on any atom is 0.00670 e. The lowest BCUT2D eigenvalue weighted by molar-refractivity contribution is 0.386. The third kappa shape index (κ3) is 8.71. The van der Waals surface area contributed by atoms with Gasteiger partial charge in [0.05, 0.1) is 0 Å². The van der Waals surface area contributed by atoms with Crippen LogP contribution in [0.4, 0.5) is 0 Å². The predicted molar refractivity (Wildman–Crippen MR) is 116 cm³/mol. The van der Waals surface area contributed by atoms with E-state index in [4.69, 9.17) is 0 Å². The summed E-state index contributed by atoms with van der Waals surface area (Å²) in [6.45, 7) is 5.88. The molecule has 1 aromatic carbocycles. The van der Waals surface area contributed by atoms with Crippen LogP contribution in [0.1, 0.15) is 102 Å². The lowest BCUT2D eigenvalue weighted by Gasteiger charge is -2.21. The normalized spacial score (nSPS) is 21.1. The van der Waals surface area contributed by atoms with Gasteiger partial charge < -0.3 is 5.32 Å². The summed E-state index contributed by atoms with van der Waals surface area (Å²) >= 11 is 0. The van der Waals surface area contributed by atoms with Crippen LogP contribution in [-0.4, -0.2) is 12.6 Å². The van der Waals surface area contributed by atoms with E-state index in [-0.39, 0.29) is 0 Å². The maximum atomic E-state index is 3.75. The zero-order chi connectivity index (χ0) is 18.5. The third-order valence-electron chi connectivity index (χ3n) is 6.16. The SMILES string of the molecule is CC1CCc2ccccc2C1.CCCCCCNC1CCCCCCC1. The van der Waals surface area contributed by atoms with E-state index < -0.39 is 0 Å². The number of nitrogens with one attached hydrogen (secondary N) is 1. The molecular weight excluding hydrogens is 314 g/mol. The van der Waals surface area contributed by atoms with Crippen LogP contribution in [-0.2, 0) is 12.8 Å². The molecule has 1 unspecified atom stereocenters. The second-order valence-electron chi connectivity index (χ2n) is 8.67. The standard InChI is InChI=1S/C14H29N.C11H14/c1-2-3-4-10-13-15-14-11-8-6-5-7-9-12-14;1-9-6-7-10-4-2-3-5-11(10)8-9/h14-15H,2-13H2,1H3;2-5,9H,6-8H2,1H3. The van der Waals surface area contributed by atoms with Gasteiger partial charge in [-0.15, -0.1) is 0 Å². The lowest BCUT2D eigenvalue weighted by atomic mass is 9.85. The molecule has 0 heterocycles. The Morgan fingerprint density at radius 2 is 1.54 bits per heavy atom.